The van der Waals surface area contributed by atoms with E-state index in [1.807, 2.05) is 13.8 Å². The average Bonchev–Trinajstić information content (AvgIpc) is 2.35. The van der Waals surface area contributed by atoms with Crippen molar-refractivity contribution in [2.45, 2.75) is 46.1 Å². The lowest BCUT2D eigenvalue weighted by molar-refractivity contribution is 0.128. The summed E-state index contributed by atoms with van der Waals surface area (Å²) in [6.45, 7) is 10.8. The predicted molar refractivity (Wildman–Crippen MR) is 78.2 cm³/mol. The number of methoxy groups -OCH3 is 1. The van der Waals surface area contributed by atoms with E-state index in [0.717, 1.165) is 17.2 Å². The first kappa shape index (κ1) is 15.7. The molecule has 6 nitrogen and oxygen atoms in total. The van der Waals surface area contributed by atoms with Gasteiger partial charge in [-0.05, 0) is 13.8 Å². The molecular weight excluding hydrogens is 242 g/mol. The Bertz CT molecular complexity index is 428. The van der Waals surface area contributed by atoms with Crippen molar-refractivity contribution in [2.75, 3.05) is 24.4 Å². The Kier molecular flexibility index (Phi) is 5.08. The summed E-state index contributed by atoms with van der Waals surface area (Å²) < 4.78 is 5.22. The second-order valence-corrected chi connectivity index (χ2v) is 5.69. The van der Waals surface area contributed by atoms with E-state index in [0.29, 0.717) is 12.4 Å². The summed E-state index contributed by atoms with van der Waals surface area (Å²) in [5.74, 6) is 7.70. The third kappa shape index (κ3) is 4.04. The summed E-state index contributed by atoms with van der Waals surface area (Å²) in [7, 11) is 1.69. The Hall–Kier alpha value is -1.40. The van der Waals surface area contributed by atoms with Crippen LogP contribution in [-0.4, -0.2) is 29.7 Å². The normalized spacial score (nSPS) is 13.2. The zero-order valence-corrected chi connectivity index (χ0v) is 12.7. The summed E-state index contributed by atoms with van der Waals surface area (Å²) in [5.41, 5.74) is 3.39. The Morgan fingerprint density at radius 1 is 1.26 bits per heavy atom. The number of nitrogens with zero attached hydrogens (tertiary/aromatic N) is 2. The molecule has 1 atom stereocenters. The minimum Gasteiger partial charge on any atom is -0.380 e. The van der Waals surface area contributed by atoms with Crippen molar-refractivity contribution < 1.29 is 4.74 Å². The molecule has 0 saturated heterocycles. The molecule has 0 fully saturated rings. The molecule has 1 heterocycles. The Morgan fingerprint density at radius 3 is 2.32 bits per heavy atom. The quantitative estimate of drug-likeness (QED) is 0.557. The van der Waals surface area contributed by atoms with Crippen LogP contribution in [0.2, 0.25) is 0 Å². The molecule has 0 spiro atoms. The molecule has 0 radical (unpaired) electrons. The van der Waals surface area contributed by atoms with E-state index in [9.17, 15) is 0 Å². The summed E-state index contributed by atoms with van der Waals surface area (Å²) in [6.07, 6.45) is 0.113. The molecule has 6 heteroatoms. The van der Waals surface area contributed by atoms with Gasteiger partial charge >= 0.3 is 0 Å². The topological polar surface area (TPSA) is 85.1 Å². The van der Waals surface area contributed by atoms with Crippen molar-refractivity contribution >= 4 is 11.6 Å². The van der Waals surface area contributed by atoms with Crippen LogP contribution in [0, 0.1) is 6.92 Å². The van der Waals surface area contributed by atoms with Gasteiger partial charge in [0.15, 0.2) is 0 Å². The Labute approximate surface area is 115 Å². The number of rotatable bonds is 5. The van der Waals surface area contributed by atoms with Crippen LogP contribution >= 0.6 is 0 Å². The number of hydrogen-bond acceptors (Lipinski definition) is 6. The van der Waals surface area contributed by atoms with E-state index in [1.54, 1.807) is 7.11 Å². The van der Waals surface area contributed by atoms with Crippen LogP contribution in [0.25, 0.3) is 0 Å². The zero-order chi connectivity index (χ0) is 14.6. The number of nitrogen functional groups attached to an aromatic ring is 1. The number of anilines is 2. The second kappa shape index (κ2) is 6.16. The van der Waals surface area contributed by atoms with Crippen molar-refractivity contribution in [2.24, 2.45) is 5.84 Å². The van der Waals surface area contributed by atoms with Gasteiger partial charge in [-0.2, -0.15) is 0 Å². The van der Waals surface area contributed by atoms with Crippen LogP contribution in [0.15, 0.2) is 0 Å². The molecule has 0 aliphatic rings. The van der Waals surface area contributed by atoms with E-state index < -0.39 is 0 Å². The first-order chi connectivity index (χ1) is 8.79. The summed E-state index contributed by atoms with van der Waals surface area (Å²) in [5, 5.41) is 3.28. The lowest BCUT2D eigenvalue weighted by Crippen LogP contribution is -2.24. The number of hydrazine groups is 1. The maximum absolute atomic E-state index is 5.52. The van der Waals surface area contributed by atoms with Crippen molar-refractivity contribution in [3.63, 3.8) is 0 Å². The van der Waals surface area contributed by atoms with E-state index in [1.165, 1.54) is 0 Å². The summed E-state index contributed by atoms with van der Waals surface area (Å²) in [4.78, 5) is 9.04. The molecule has 1 rings (SSSR count). The fraction of sp³-hybridized carbons (Fsp3) is 0.692. The van der Waals surface area contributed by atoms with Gasteiger partial charge in [-0.1, -0.05) is 20.8 Å². The highest BCUT2D eigenvalue weighted by Crippen LogP contribution is 2.25. The maximum Gasteiger partial charge on any atom is 0.148 e. The third-order valence-corrected chi connectivity index (χ3v) is 2.91. The number of nitrogens with one attached hydrogen (secondary N) is 2. The van der Waals surface area contributed by atoms with Crippen LogP contribution in [0.3, 0.4) is 0 Å². The fourth-order valence-corrected chi connectivity index (χ4v) is 1.49. The first-order valence-corrected chi connectivity index (χ1v) is 6.42. The Morgan fingerprint density at radius 2 is 1.84 bits per heavy atom. The smallest absolute Gasteiger partial charge is 0.148 e. The molecule has 108 valence electrons. The van der Waals surface area contributed by atoms with Gasteiger partial charge < -0.3 is 15.5 Å². The van der Waals surface area contributed by atoms with Gasteiger partial charge in [0.05, 0.1) is 6.10 Å². The molecule has 1 aromatic heterocycles. The van der Waals surface area contributed by atoms with Gasteiger partial charge in [0, 0.05) is 24.6 Å². The highest BCUT2D eigenvalue weighted by molar-refractivity contribution is 5.57. The van der Waals surface area contributed by atoms with Crippen molar-refractivity contribution in [3.05, 3.63) is 11.4 Å². The molecule has 0 bridgehead atoms. The monoisotopic (exact) mass is 267 g/mol. The fourth-order valence-electron chi connectivity index (χ4n) is 1.49. The molecule has 0 aliphatic heterocycles. The molecule has 19 heavy (non-hydrogen) atoms. The van der Waals surface area contributed by atoms with E-state index >= 15 is 0 Å². The van der Waals surface area contributed by atoms with Crippen LogP contribution in [-0.2, 0) is 10.2 Å². The van der Waals surface area contributed by atoms with Gasteiger partial charge in [0.2, 0.25) is 0 Å². The standard InChI is InChI=1S/C13H25N5O/c1-8(19-6)7-15-10-9(2)11(18-14)17-12(16-10)13(3,4)5/h8H,7,14H2,1-6H3,(H2,15,16,17,18). The molecule has 1 aromatic rings. The SMILES string of the molecule is COC(C)CNc1nc(C(C)(C)C)nc(NN)c1C. The van der Waals surface area contributed by atoms with Gasteiger partial charge in [-0.25, -0.2) is 15.8 Å². The molecule has 0 amide bonds. The highest BCUT2D eigenvalue weighted by Gasteiger charge is 2.21. The molecule has 0 aromatic carbocycles. The molecule has 1 unspecified atom stereocenters. The number of hydrogen-bond donors (Lipinski definition) is 3. The van der Waals surface area contributed by atoms with E-state index in [4.69, 9.17) is 10.6 Å². The van der Waals surface area contributed by atoms with Crippen molar-refractivity contribution in [1.29, 1.82) is 0 Å². The molecule has 4 N–H and O–H groups in total. The third-order valence-electron chi connectivity index (χ3n) is 2.91. The van der Waals surface area contributed by atoms with Gasteiger partial charge in [0.25, 0.3) is 0 Å². The van der Waals surface area contributed by atoms with Crippen LogP contribution in [0.4, 0.5) is 11.6 Å². The molecule has 0 saturated carbocycles. The van der Waals surface area contributed by atoms with Crippen LogP contribution in [0.1, 0.15) is 39.1 Å². The number of aromatic nitrogens is 2. The Balaban J connectivity index is 3.08. The summed E-state index contributed by atoms with van der Waals surface area (Å²) >= 11 is 0. The highest BCUT2D eigenvalue weighted by atomic mass is 16.5. The van der Waals surface area contributed by atoms with Gasteiger partial charge in [-0.15, -0.1) is 0 Å². The van der Waals surface area contributed by atoms with Gasteiger partial charge in [-0.3, -0.25) is 0 Å². The van der Waals surface area contributed by atoms with Gasteiger partial charge in [0.1, 0.15) is 17.5 Å². The van der Waals surface area contributed by atoms with Crippen LogP contribution < -0.4 is 16.6 Å². The lowest BCUT2D eigenvalue weighted by Gasteiger charge is -2.21. The number of ether oxygens (including phenoxy) is 1. The number of nitrogens with two attached hydrogens (primary N) is 1. The first-order valence-electron chi connectivity index (χ1n) is 6.42. The molecule has 0 aliphatic carbocycles. The maximum atomic E-state index is 5.52. The minimum absolute atomic E-state index is 0.113. The minimum atomic E-state index is -0.136. The van der Waals surface area contributed by atoms with Crippen molar-refractivity contribution in [3.8, 4) is 0 Å². The predicted octanol–water partition coefficient (Wildman–Crippen LogP) is 1.81. The lowest BCUT2D eigenvalue weighted by atomic mass is 9.95. The van der Waals surface area contributed by atoms with E-state index in [-0.39, 0.29) is 11.5 Å². The van der Waals surface area contributed by atoms with Crippen LogP contribution in [0.5, 0.6) is 0 Å². The van der Waals surface area contributed by atoms with Crippen molar-refractivity contribution in [1.82, 2.24) is 9.97 Å². The largest absolute Gasteiger partial charge is 0.380 e. The van der Waals surface area contributed by atoms with E-state index in [2.05, 4.69) is 41.5 Å². The zero-order valence-electron chi connectivity index (χ0n) is 12.7. The average molecular weight is 267 g/mol. The summed E-state index contributed by atoms with van der Waals surface area (Å²) in [6, 6.07) is 0. The molecular formula is C13H25N5O. The second-order valence-electron chi connectivity index (χ2n) is 5.69.